The first-order valence-corrected chi connectivity index (χ1v) is 7.24. The molecule has 0 rings (SSSR count). The maximum absolute atomic E-state index is 8.05. The third kappa shape index (κ3) is 22.7. The Labute approximate surface area is 83.6 Å². The first kappa shape index (κ1) is 16.5. The van der Waals surface area contributed by atoms with Crippen molar-refractivity contribution in [2.24, 2.45) is 0 Å². The molecule has 0 aliphatic carbocycles. The second kappa shape index (κ2) is 7.41. The topological polar surface area (TPSA) is 140 Å². The average Bonchev–Trinajstić information content (AvgIpc) is 1.81. The maximum atomic E-state index is 8.05. The van der Waals surface area contributed by atoms with E-state index in [2.05, 4.69) is 8.85 Å². The highest BCUT2D eigenvalue weighted by Crippen LogP contribution is 1.85. The Kier molecular flexibility index (Phi) is 8.76. The van der Waals surface area contributed by atoms with Crippen LogP contribution in [0.3, 0.4) is 0 Å². The lowest BCUT2D eigenvalue weighted by Gasteiger charge is -2.05. The zero-order chi connectivity index (χ0) is 11.8. The minimum absolute atomic E-state index is 0.121. The Morgan fingerprint density at radius 1 is 0.714 bits per heavy atom. The first-order valence-electron chi connectivity index (χ1n) is 3.74. The molecule has 0 aromatic rings. The largest absolute Gasteiger partial charge is 0.671 e. The Morgan fingerprint density at radius 3 is 0.929 bits per heavy atom. The highest BCUT2D eigenvalue weighted by Gasteiger charge is 2.29. The third-order valence-corrected chi connectivity index (χ3v) is 2.03. The van der Waals surface area contributed by atoms with Gasteiger partial charge in [0.1, 0.15) is 0 Å². The lowest BCUT2D eigenvalue weighted by atomic mass is 10.9. The normalized spacial score (nSPS) is 12.0. The predicted octanol–water partition coefficient (Wildman–Crippen LogP) is -3.13. The van der Waals surface area contributed by atoms with Gasteiger partial charge in [-0.25, -0.2) is 0 Å². The summed E-state index contributed by atoms with van der Waals surface area (Å²) in [4.78, 5) is 48.3. The SMILES string of the molecule is CCO[Si](O)(O)O.CCO[Si](O)(O)O. The first-order chi connectivity index (χ1) is 6.12. The molecule has 0 spiro atoms. The van der Waals surface area contributed by atoms with Crippen LogP contribution in [-0.4, -0.2) is 60.1 Å². The second-order valence-corrected chi connectivity index (χ2v) is 4.89. The molecule has 8 nitrogen and oxygen atoms in total. The summed E-state index contributed by atoms with van der Waals surface area (Å²) in [5.41, 5.74) is 0. The highest BCUT2D eigenvalue weighted by molar-refractivity contribution is 6.48. The molecule has 88 valence electrons. The fourth-order valence-electron chi connectivity index (χ4n) is 0.387. The van der Waals surface area contributed by atoms with Crippen molar-refractivity contribution >= 4 is 18.1 Å². The van der Waals surface area contributed by atoms with Gasteiger partial charge < -0.3 is 37.6 Å². The summed E-state index contributed by atoms with van der Waals surface area (Å²) in [6.45, 7) is 3.36. The summed E-state index contributed by atoms with van der Waals surface area (Å²) in [7, 11) is -8.31. The van der Waals surface area contributed by atoms with Crippen molar-refractivity contribution in [1.29, 1.82) is 0 Å². The van der Waals surface area contributed by atoms with Crippen LogP contribution in [0.25, 0.3) is 0 Å². The van der Waals surface area contributed by atoms with Crippen molar-refractivity contribution in [3.63, 3.8) is 0 Å². The van der Waals surface area contributed by atoms with Crippen LogP contribution in [0.2, 0.25) is 0 Å². The van der Waals surface area contributed by atoms with Crippen LogP contribution >= 0.6 is 0 Å². The van der Waals surface area contributed by atoms with Gasteiger partial charge in [-0.05, 0) is 13.8 Å². The van der Waals surface area contributed by atoms with Gasteiger partial charge >= 0.3 is 18.1 Å². The van der Waals surface area contributed by atoms with E-state index < -0.39 is 18.1 Å². The standard InChI is InChI=1S/2C2H8O4Si/c2*1-2-6-7(3,4)5/h2*3-5H,2H2,1H3. The van der Waals surface area contributed by atoms with Gasteiger partial charge in [0, 0.05) is 13.2 Å². The molecule has 0 fully saturated rings. The van der Waals surface area contributed by atoms with E-state index in [1.807, 2.05) is 0 Å². The van der Waals surface area contributed by atoms with Gasteiger partial charge in [-0.2, -0.15) is 0 Å². The van der Waals surface area contributed by atoms with E-state index in [1.165, 1.54) is 0 Å². The smallest absolute Gasteiger partial charge is 0.368 e. The molecule has 0 radical (unpaired) electrons. The molecular formula is C4H16O8Si2. The van der Waals surface area contributed by atoms with Gasteiger partial charge in [-0.15, -0.1) is 0 Å². The molecule has 0 aliphatic heterocycles. The van der Waals surface area contributed by atoms with Gasteiger partial charge in [-0.1, -0.05) is 0 Å². The molecule has 14 heavy (non-hydrogen) atoms. The van der Waals surface area contributed by atoms with Crippen LogP contribution in [-0.2, 0) is 8.85 Å². The van der Waals surface area contributed by atoms with Crippen LogP contribution in [0.15, 0.2) is 0 Å². The van der Waals surface area contributed by atoms with Gasteiger partial charge in [0.15, 0.2) is 0 Å². The average molecular weight is 248 g/mol. The van der Waals surface area contributed by atoms with Gasteiger partial charge in [0.2, 0.25) is 0 Å². The summed E-state index contributed by atoms with van der Waals surface area (Å²) in [5, 5.41) is 0. The lowest BCUT2D eigenvalue weighted by molar-refractivity contribution is 0.0669. The van der Waals surface area contributed by atoms with E-state index in [9.17, 15) is 0 Å². The molecule has 0 aromatic heterocycles. The quantitative estimate of drug-likeness (QED) is 0.287. The number of hydrogen-bond donors (Lipinski definition) is 6. The van der Waals surface area contributed by atoms with Crippen molar-refractivity contribution in [1.82, 2.24) is 0 Å². The highest BCUT2D eigenvalue weighted by atomic mass is 28.4. The van der Waals surface area contributed by atoms with E-state index in [4.69, 9.17) is 28.8 Å². The van der Waals surface area contributed by atoms with Crippen LogP contribution in [0, 0.1) is 0 Å². The van der Waals surface area contributed by atoms with E-state index in [1.54, 1.807) is 13.8 Å². The minimum Gasteiger partial charge on any atom is -0.368 e. The van der Waals surface area contributed by atoms with Crippen LogP contribution in [0.1, 0.15) is 13.8 Å². The predicted molar refractivity (Wildman–Crippen MR) is 48.1 cm³/mol. The van der Waals surface area contributed by atoms with E-state index in [0.29, 0.717) is 0 Å². The minimum atomic E-state index is -4.16. The molecule has 0 atom stereocenters. The van der Waals surface area contributed by atoms with Crippen LogP contribution in [0.4, 0.5) is 0 Å². The van der Waals surface area contributed by atoms with Crippen molar-refractivity contribution in [3.05, 3.63) is 0 Å². The Balaban J connectivity index is 0. The zero-order valence-electron chi connectivity index (χ0n) is 7.91. The fourth-order valence-corrected chi connectivity index (χ4v) is 1.16. The van der Waals surface area contributed by atoms with E-state index >= 15 is 0 Å². The van der Waals surface area contributed by atoms with Crippen LogP contribution in [0.5, 0.6) is 0 Å². The third-order valence-electron chi connectivity index (χ3n) is 0.676. The van der Waals surface area contributed by atoms with Crippen LogP contribution < -0.4 is 0 Å². The summed E-state index contributed by atoms with van der Waals surface area (Å²) in [6, 6.07) is 0. The van der Waals surface area contributed by atoms with E-state index in [-0.39, 0.29) is 13.2 Å². The molecule has 0 aromatic carbocycles. The van der Waals surface area contributed by atoms with Gasteiger partial charge in [0.25, 0.3) is 0 Å². The van der Waals surface area contributed by atoms with Gasteiger partial charge in [-0.3, -0.25) is 0 Å². The maximum Gasteiger partial charge on any atom is 0.671 e. The Bertz CT molecular complexity index is 112. The second-order valence-electron chi connectivity index (χ2n) is 2.01. The molecule has 0 heterocycles. The van der Waals surface area contributed by atoms with Crippen molar-refractivity contribution in [2.45, 2.75) is 13.8 Å². The summed E-state index contributed by atoms with van der Waals surface area (Å²) in [6.07, 6.45) is 0. The molecule has 0 aliphatic rings. The zero-order valence-corrected chi connectivity index (χ0v) is 9.91. The summed E-state index contributed by atoms with van der Waals surface area (Å²) < 4.78 is 8.07. The summed E-state index contributed by atoms with van der Waals surface area (Å²) >= 11 is 0. The summed E-state index contributed by atoms with van der Waals surface area (Å²) in [5.74, 6) is 0. The molecule has 6 N–H and O–H groups in total. The monoisotopic (exact) mass is 248 g/mol. The van der Waals surface area contributed by atoms with Gasteiger partial charge in [0.05, 0.1) is 0 Å². The molecule has 0 saturated heterocycles. The molecule has 0 saturated carbocycles. The molecular weight excluding hydrogens is 232 g/mol. The molecule has 0 amide bonds. The van der Waals surface area contributed by atoms with Crippen molar-refractivity contribution in [3.8, 4) is 0 Å². The number of rotatable bonds is 4. The fraction of sp³-hybridized carbons (Fsp3) is 1.00. The van der Waals surface area contributed by atoms with Crippen molar-refractivity contribution < 1.29 is 37.6 Å². The molecule has 0 bridgehead atoms. The molecule has 0 unspecified atom stereocenters. The number of hydrogen-bond acceptors (Lipinski definition) is 8. The molecule has 10 heteroatoms. The van der Waals surface area contributed by atoms with E-state index in [0.717, 1.165) is 0 Å². The Morgan fingerprint density at radius 2 is 0.929 bits per heavy atom. The van der Waals surface area contributed by atoms with Crippen molar-refractivity contribution in [2.75, 3.05) is 13.2 Å². The Hall–Kier alpha value is 0.114. The lowest BCUT2D eigenvalue weighted by Crippen LogP contribution is -2.38.